The van der Waals surface area contributed by atoms with E-state index in [9.17, 15) is 9.59 Å². The number of fused-ring (bicyclic) bond motifs is 3. The predicted octanol–water partition coefficient (Wildman–Crippen LogP) is 3.10. The molecule has 0 bridgehead atoms. The second-order valence-corrected chi connectivity index (χ2v) is 7.96. The monoisotopic (exact) mass is 408 g/mol. The van der Waals surface area contributed by atoms with Crippen LogP contribution in [0.1, 0.15) is 30.9 Å². The fraction of sp³-hybridized carbons (Fsp3) is 0.435. The van der Waals surface area contributed by atoms with E-state index in [4.69, 9.17) is 14.0 Å². The molecule has 5 rings (SSSR count). The number of morpholine rings is 1. The molecule has 1 aromatic heterocycles. The molecule has 156 valence electrons. The van der Waals surface area contributed by atoms with Gasteiger partial charge in [-0.25, -0.2) is 0 Å². The Morgan fingerprint density at radius 2 is 2.00 bits per heavy atom. The van der Waals surface area contributed by atoms with Crippen molar-refractivity contribution < 1.29 is 23.6 Å². The zero-order chi connectivity index (χ0) is 20.5. The zero-order valence-electron chi connectivity index (χ0n) is 16.8. The SMILES string of the molecule is O=C1CC[C@H](c2noc3ccc4cc(OCCN5CCOCC5)ccc4c23)C(=O)C1. The van der Waals surface area contributed by atoms with Crippen molar-refractivity contribution in [2.45, 2.75) is 25.2 Å². The molecule has 1 atom stereocenters. The van der Waals surface area contributed by atoms with Gasteiger partial charge in [-0.2, -0.15) is 0 Å². The Kier molecular flexibility index (Phi) is 5.23. The van der Waals surface area contributed by atoms with Crippen LogP contribution in [-0.4, -0.2) is 61.1 Å². The van der Waals surface area contributed by atoms with Crippen LogP contribution in [0.4, 0.5) is 0 Å². The number of hydrogen-bond donors (Lipinski definition) is 0. The number of ether oxygens (including phenoxy) is 2. The standard InChI is InChI=1S/C23H24N2O5/c26-16-2-4-19(20(27)14-16)23-22-18-5-3-17(13-15(18)1-6-21(22)30-24-23)29-12-9-25-7-10-28-11-8-25/h1,3,5-6,13,19H,2,4,7-12,14H2/t19-/m0/s1. The van der Waals surface area contributed by atoms with Crippen LogP contribution in [0.2, 0.25) is 0 Å². The molecule has 1 aliphatic heterocycles. The van der Waals surface area contributed by atoms with Crippen molar-refractivity contribution in [2.24, 2.45) is 0 Å². The predicted molar refractivity (Wildman–Crippen MR) is 111 cm³/mol. The van der Waals surface area contributed by atoms with Crippen LogP contribution in [-0.2, 0) is 14.3 Å². The Morgan fingerprint density at radius 3 is 2.83 bits per heavy atom. The summed E-state index contributed by atoms with van der Waals surface area (Å²) in [6.45, 7) is 4.95. The first kappa shape index (κ1) is 19.2. The normalized spacial score (nSPS) is 20.9. The van der Waals surface area contributed by atoms with E-state index < -0.39 is 0 Å². The number of Topliss-reactive ketones (excluding diaryl/α,β-unsaturated/α-hetero) is 2. The third kappa shape index (κ3) is 3.70. The summed E-state index contributed by atoms with van der Waals surface area (Å²) in [5, 5.41) is 7.07. The van der Waals surface area contributed by atoms with Crippen LogP contribution in [0, 0.1) is 0 Å². The highest BCUT2D eigenvalue weighted by atomic mass is 16.5. The molecule has 0 spiro atoms. The van der Waals surface area contributed by atoms with Crippen molar-refractivity contribution in [3.63, 3.8) is 0 Å². The van der Waals surface area contributed by atoms with E-state index in [-0.39, 0.29) is 23.9 Å². The van der Waals surface area contributed by atoms with E-state index in [2.05, 4.69) is 10.1 Å². The molecule has 2 aliphatic rings. The van der Waals surface area contributed by atoms with Gasteiger partial charge in [0.1, 0.15) is 29.6 Å². The first-order valence-corrected chi connectivity index (χ1v) is 10.5. The molecule has 0 radical (unpaired) electrons. The van der Waals surface area contributed by atoms with Gasteiger partial charge in [-0.05, 0) is 41.5 Å². The molecule has 2 fully saturated rings. The molecule has 1 saturated heterocycles. The Bertz CT molecular complexity index is 1100. The average molecular weight is 408 g/mol. The Labute approximate surface area is 173 Å². The first-order valence-electron chi connectivity index (χ1n) is 10.5. The number of hydrogen-bond acceptors (Lipinski definition) is 7. The second-order valence-electron chi connectivity index (χ2n) is 7.96. The molecule has 1 aliphatic carbocycles. The zero-order valence-corrected chi connectivity index (χ0v) is 16.8. The highest BCUT2D eigenvalue weighted by molar-refractivity contribution is 6.11. The van der Waals surface area contributed by atoms with Gasteiger partial charge in [0, 0.05) is 26.1 Å². The second kappa shape index (κ2) is 8.16. The molecule has 0 unspecified atom stereocenters. The summed E-state index contributed by atoms with van der Waals surface area (Å²) in [6.07, 6.45) is 0.903. The molecule has 2 heterocycles. The maximum atomic E-state index is 12.5. The Morgan fingerprint density at radius 1 is 1.13 bits per heavy atom. The Hall–Kier alpha value is -2.77. The summed E-state index contributed by atoms with van der Waals surface area (Å²) in [7, 11) is 0. The third-order valence-corrected chi connectivity index (χ3v) is 6.03. The molecule has 1 saturated carbocycles. The van der Waals surface area contributed by atoms with Gasteiger partial charge in [-0.3, -0.25) is 14.5 Å². The number of benzene rings is 2. The van der Waals surface area contributed by atoms with Gasteiger partial charge in [0.15, 0.2) is 5.58 Å². The van der Waals surface area contributed by atoms with Crippen molar-refractivity contribution in [3.05, 3.63) is 36.0 Å². The minimum atomic E-state index is -0.376. The van der Waals surface area contributed by atoms with Crippen molar-refractivity contribution in [1.82, 2.24) is 10.1 Å². The van der Waals surface area contributed by atoms with Crippen LogP contribution >= 0.6 is 0 Å². The van der Waals surface area contributed by atoms with Crippen LogP contribution in [0.5, 0.6) is 5.75 Å². The van der Waals surface area contributed by atoms with Crippen LogP contribution < -0.4 is 4.74 Å². The van der Waals surface area contributed by atoms with E-state index in [1.165, 1.54) is 0 Å². The van der Waals surface area contributed by atoms with E-state index >= 15 is 0 Å². The van der Waals surface area contributed by atoms with Gasteiger partial charge in [-0.1, -0.05) is 11.2 Å². The minimum absolute atomic E-state index is 0.00720. The van der Waals surface area contributed by atoms with Crippen molar-refractivity contribution in [1.29, 1.82) is 0 Å². The number of carbonyl (C=O) groups is 2. The van der Waals surface area contributed by atoms with Gasteiger partial charge in [0.2, 0.25) is 0 Å². The maximum Gasteiger partial charge on any atom is 0.167 e. The summed E-state index contributed by atoms with van der Waals surface area (Å²) in [5.41, 5.74) is 1.30. The van der Waals surface area contributed by atoms with E-state index in [0.29, 0.717) is 30.7 Å². The fourth-order valence-electron chi connectivity index (χ4n) is 4.38. The maximum absolute atomic E-state index is 12.5. The topological polar surface area (TPSA) is 81.9 Å². The highest BCUT2D eigenvalue weighted by Gasteiger charge is 2.32. The van der Waals surface area contributed by atoms with Crippen LogP contribution in [0.25, 0.3) is 21.7 Å². The van der Waals surface area contributed by atoms with Crippen LogP contribution in [0.15, 0.2) is 34.9 Å². The molecular weight excluding hydrogens is 384 g/mol. The molecule has 7 nitrogen and oxygen atoms in total. The van der Waals surface area contributed by atoms with Gasteiger partial charge in [0.05, 0.1) is 30.9 Å². The molecular formula is C23H24N2O5. The van der Waals surface area contributed by atoms with Crippen molar-refractivity contribution in [3.8, 4) is 5.75 Å². The molecule has 0 N–H and O–H groups in total. The van der Waals surface area contributed by atoms with E-state index in [0.717, 1.165) is 54.8 Å². The van der Waals surface area contributed by atoms with Gasteiger partial charge in [0.25, 0.3) is 0 Å². The van der Waals surface area contributed by atoms with Crippen molar-refractivity contribution in [2.75, 3.05) is 39.5 Å². The molecule has 7 heteroatoms. The van der Waals surface area contributed by atoms with Gasteiger partial charge >= 0.3 is 0 Å². The molecule has 3 aromatic rings. The summed E-state index contributed by atoms with van der Waals surface area (Å²) in [6, 6.07) is 9.82. The summed E-state index contributed by atoms with van der Waals surface area (Å²) in [5.74, 6) is 0.376. The number of carbonyl (C=O) groups excluding carboxylic acids is 2. The third-order valence-electron chi connectivity index (χ3n) is 6.03. The molecule has 30 heavy (non-hydrogen) atoms. The summed E-state index contributed by atoms with van der Waals surface area (Å²) in [4.78, 5) is 26.4. The van der Waals surface area contributed by atoms with Crippen LogP contribution in [0.3, 0.4) is 0 Å². The lowest BCUT2D eigenvalue weighted by Gasteiger charge is -2.26. The summed E-state index contributed by atoms with van der Waals surface area (Å²) >= 11 is 0. The number of nitrogens with zero attached hydrogens (tertiary/aromatic N) is 2. The van der Waals surface area contributed by atoms with E-state index in [1.807, 2.05) is 30.3 Å². The Balaban J connectivity index is 1.39. The van der Waals surface area contributed by atoms with Crippen molar-refractivity contribution >= 4 is 33.3 Å². The largest absolute Gasteiger partial charge is 0.492 e. The smallest absolute Gasteiger partial charge is 0.167 e. The minimum Gasteiger partial charge on any atom is -0.492 e. The number of rotatable bonds is 5. The number of ketones is 2. The lowest BCUT2D eigenvalue weighted by atomic mass is 9.83. The molecule has 0 amide bonds. The highest BCUT2D eigenvalue weighted by Crippen LogP contribution is 2.37. The summed E-state index contributed by atoms with van der Waals surface area (Å²) < 4.78 is 16.9. The van der Waals surface area contributed by atoms with Gasteiger partial charge in [-0.15, -0.1) is 0 Å². The lowest BCUT2D eigenvalue weighted by molar-refractivity contribution is -0.130. The van der Waals surface area contributed by atoms with E-state index in [1.54, 1.807) is 0 Å². The first-order chi connectivity index (χ1) is 14.7. The average Bonchev–Trinajstić information content (AvgIpc) is 3.19. The van der Waals surface area contributed by atoms with Gasteiger partial charge < -0.3 is 14.0 Å². The number of aromatic nitrogens is 1. The molecule has 2 aromatic carbocycles. The lowest BCUT2D eigenvalue weighted by Crippen LogP contribution is -2.38. The quantitative estimate of drug-likeness (QED) is 0.600. The fourth-order valence-corrected chi connectivity index (χ4v) is 4.38.